The Morgan fingerprint density at radius 3 is 2.93 bits per heavy atom. The van der Waals surface area contributed by atoms with Crippen LogP contribution in [0.4, 0.5) is 5.69 Å². The van der Waals surface area contributed by atoms with E-state index in [1.54, 1.807) is 0 Å². The first-order chi connectivity index (χ1) is 7.34. The van der Waals surface area contributed by atoms with Gasteiger partial charge in [0.15, 0.2) is 5.78 Å². The molecule has 1 N–H and O–H groups in total. The number of anilines is 1. The Morgan fingerprint density at radius 1 is 1.33 bits per heavy atom. The summed E-state index contributed by atoms with van der Waals surface area (Å²) in [7, 11) is 0. The third-order valence-electron chi connectivity index (χ3n) is 3.58. The van der Waals surface area contributed by atoms with Crippen molar-refractivity contribution >= 4 is 11.5 Å². The molecule has 0 atom stereocenters. The molecule has 0 saturated heterocycles. The van der Waals surface area contributed by atoms with Crippen LogP contribution in [0.25, 0.3) is 0 Å². The lowest BCUT2D eigenvalue weighted by atomic mass is 9.80. The third-order valence-corrected chi connectivity index (χ3v) is 3.58. The van der Waals surface area contributed by atoms with Crippen molar-refractivity contribution in [1.29, 1.82) is 0 Å². The average molecular weight is 201 g/mol. The molecule has 1 saturated carbocycles. The molecule has 0 spiro atoms. The molecule has 1 fully saturated rings. The highest BCUT2D eigenvalue weighted by atomic mass is 16.1. The maximum absolute atomic E-state index is 12.0. The van der Waals surface area contributed by atoms with E-state index in [2.05, 4.69) is 11.4 Å². The quantitative estimate of drug-likeness (QED) is 0.745. The second-order valence-electron chi connectivity index (χ2n) is 4.54. The lowest BCUT2D eigenvalue weighted by Crippen LogP contribution is -2.21. The van der Waals surface area contributed by atoms with E-state index in [1.165, 1.54) is 17.7 Å². The van der Waals surface area contributed by atoms with Gasteiger partial charge in [0.05, 0.1) is 0 Å². The molecule has 2 aliphatic rings. The van der Waals surface area contributed by atoms with Crippen LogP contribution in [0, 0.1) is 5.92 Å². The average Bonchev–Trinajstić information content (AvgIpc) is 2.61. The molecule has 3 rings (SSSR count). The molecule has 1 aliphatic carbocycles. The Morgan fingerprint density at radius 2 is 2.20 bits per heavy atom. The van der Waals surface area contributed by atoms with Crippen LogP contribution >= 0.6 is 0 Å². The summed E-state index contributed by atoms with van der Waals surface area (Å²) >= 11 is 0. The van der Waals surface area contributed by atoms with Gasteiger partial charge in [0.25, 0.3) is 0 Å². The van der Waals surface area contributed by atoms with Crippen molar-refractivity contribution in [2.24, 2.45) is 5.92 Å². The number of rotatable bonds is 2. The summed E-state index contributed by atoms with van der Waals surface area (Å²) in [6, 6.07) is 6.12. The van der Waals surface area contributed by atoms with Crippen molar-refractivity contribution in [1.82, 2.24) is 0 Å². The maximum Gasteiger partial charge on any atom is 0.166 e. The second kappa shape index (κ2) is 3.37. The molecule has 0 aromatic heterocycles. The molecule has 0 bridgehead atoms. The minimum atomic E-state index is 0.310. The van der Waals surface area contributed by atoms with Crippen LogP contribution in [0.15, 0.2) is 18.2 Å². The Bertz CT molecular complexity index is 407. The van der Waals surface area contributed by atoms with Crippen molar-refractivity contribution in [2.75, 3.05) is 11.9 Å². The molecule has 15 heavy (non-hydrogen) atoms. The number of hydrogen-bond donors (Lipinski definition) is 1. The van der Waals surface area contributed by atoms with Crippen LogP contribution in [0.3, 0.4) is 0 Å². The zero-order chi connectivity index (χ0) is 10.3. The smallest absolute Gasteiger partial charge is 0.166 e. The van der Waals surface area contributed by atoms with E-state index in [4.69, 9.17) is 0 Å². The molecule has 0 unspecified atom stereocenters. The largest absolute Gasteiger partial charge is 0.384 e. The van der Waals surface area contributed by atoms with E-state index in [0.29, 0.717) is 11.7 Å². The Labute approximate surface area is 89.7 Å². The van der Waals surface area contributed by atoms with E-state index >= 15 is 0 Å². The summed E-state index contributed by atoms with van der Waals surface area (Å²) in [5.74, 6) is 0.655. The zero-order valence-corrected chi connectivity index (χ0v) is 8.75. The van der Waals surface area contributed by atoms with Gasteiger partial charge in [-0.15, -0.1) is 0 Å². The highest BCUT2D eigenvalue weighted by molar-refractivity contribution is 5.99. The highest BCUT2D eigenvalue weighted by Crippen LogP contribution is 2.31. The van der Waals surface area contributed by atoms with E-state index in [1.807, 2.05) is 12.1 Å². The lowest BCUT2D eigenvalue weighted by molar-refractivity contribution is 0.0855. The summed E-state index contributed by atoms with van der Waals surface area (Å²) in [5.41, 5.74) is 3.41. The predicted molar refractivity (Wildman–Crippen MR) is 60.3 cm³/mol. The summed E-state index contributed by atoms with van der Waals surface area (Å²) < 4.78 is 0. The number of fused-ring (bicyclic) bond motifs is 1. The zero-order valence-electron chi connectivity index (χ0n) is 8.75. The summed E-state index contributed by atoms with van der Waals surface area (Å²) in [4.78, 5) is 12.0. The first kappa shape index (κ1) is 8.96. The van der Waals surface area contributed by atoms with Gasteiger partial charge in [0.1, 0.15) is 0 Å². The first-order valence-electron chi connectivity index (χ1n) is 5.75. The number of Topliss-reactive ketones (excluding diaryl/α,β-unsaturated/α-hetero) is 1. The Balaban J connectivity index is 1.88. The number of nitrogens with one attached hydrogen (secondary N) is 1. The molecule has 0 amide bonds. The van der Waals surface area contributed by atoms with Gasteiger partial charge >= 0.3 is 0 Å². The van der Waals surface area contributed by atoms with Gasteiger partial charge in [0.2, 0.25) is 0 Å². The maximum atomic E-state index is 12.0. The summed E-state index contributed by atoms with van der Waals surface area (Å²) in [5, 5.41) is 3.32. The molecule has 2 heteroatoms. The predicted octanol–water partition coefficient (Wildman–Crippen LogP) is 2.64. The van der Waals surface area contributed by atoms with Crippen LogP contribution in [0.5, 0.6) is 0 Å². The van der Waals surface area contributed by atoms with Crippen LogP contribution in [-0.2, 0) is 6.42 Å². The van der Waals surface area contributed by atoms with E-state index < -0.39 is 0 Å². The molecule has 1 heterocycles. The molecule has 1 aliphatic heterocycles. The van der Waals surface area contributed by atoms with Crippen molar-refractivity contribution in [3.8, 4) is 0 Å². The van der Waals surface area contributed by atoms with E-state index in [0.717, 1.165) is 31.4 Å². The van der Waals surface area contributed by atoms with Crippen molar-refractivity contribution in [3.05, 3.63) is 29.3 Å². The summed E-state index contributed by atoms with van der Waals surface area (Å²) in [6.07, 6.45) is 4.49. The van der Waals surface area contributed by atoms with Crippen LogP contribution < -0.4 is 5.32 Å². The summed E-state index contributed by atoms with van der Waals surface area (Å²) in [6.45, 7) is 1.01. The number of benzene rings is 1. The fourth-order valence-corrected chi connectivity index (χ4v) is 2.35. The number of hydrogen-bond acceptors (Lipinski definition) is 2. The molecule has 1 aromatic rings. The van der Waals surface area contributed by atoms with Gasteiger partial charge in [0, 0.05) is 23.7 Å². The SMILES string of the molecule is O=C(c1ccc2c(c1)NCC2)C1CCC1. The molecular formula is C13H15NO. The van der Waals surface area contributed by atoms with Crippen molar-refractivity contribution in [3.63, 3.8) is 0 Å². The number of ketones is 1. The van der Waals surface area contributed by atoms with Gasteiger partial charge in [-0.3, -0.25) is 4.79 Å². The Hall–Kier alpha value is -1.31. The monoisotopic (exact) mass is 201 g/mol. The van der Waals surface area contributed by atoms with Gasteiger partial charge in [-0.05, 0) is 30.9 Å². The fourth-order valence-electron chi connectivity index (χ4n) is 2.35. The second-order valence-corrected chi connectivity index (χ2v) is 4.54. The van der Waals surface area contributed by atoms with Crippen LogP contribution in [-0.4, -0.2) is 12.3 Å². The molecule has 2 nitrogen and oxygen atoms in total. The minimum Gasteiger partial charge on any atom is -0.384 e. The van der Waals surface area contributed by atoms with Crippen molar-refractivity contribution in [2.45, 2.75) is 25.7 Å². The van der Waals surface area contributed by atoms with Gasteiger partial charge < -0.3 is 5.32 Å². The molecular weight excluding hydrogens is 186 g/mol. The van der Waals surface area contributed by atoms with Gasteiger partial charge in [-0.2, -0.15) is 0 Å². The lowest BCUT2D eigenvalue weighted by Gasteiger charge is -2.23. The van der Waals surface area contributed by atoms with E-state index in [-0.39, 0.29) is 0 Å². The number of carbonyl (C=O) groups is 1. The van der Waals surface area contributed by atoms with Crippen molar-refractivity contribution < 1.29 is 4.79 Å². The standard InChI is InChI=1S/C13H15NO/c15-13(10-2-1-3-10)11-5-4-9-6-7-14-12(9)8-11/h4-5,8,10,14H,1-3,6-7H2. The Kier molecular flexibility index (Phi) is 2.01. The molecule has 78 valence electrons. The van der Waals surface area contributed by atoms with Crippen LogP contribution in [0.1, 0.15) is 35.2 Å². The van der Waals surface area contributed by atoms with Gasteiger partial charge in [-0.1, -0.05) is 18.6 Å². The topological polar surface area (TPSA) is 29.1 Å². The molecule has 1 aromatic carbocycles. The van der Waals surface area contributed by atoms with E-state index in [9.17, 15) is 4.79 Å². The number of carbonyl (C=O) groups excluding carboxylic acids is 1. The van der Waals surface area contributed by atoms with Gasteiger partial charge in [-0.25, -0.2) is 0 Å². The minimum absolute atomic E-state index is 0.310. The third kappa shape index (κ3) is 1.44. The fraction of sp³-hybridized carbons (Fsp3) is 0.462. The highest BCUT2D eigenvalue weighted by Gasteiger charge is 2.26. The first-order valence-corrected chi connectivity index (χ1v) is 5.75. The molecule has 0 radical (unpaired) electrons. The van der Waals surface area contributed by atoms with Crippen LogP contribution in [0.2, 0.25) is 0 Å². The normalized spacial score (nSPS) is 19.2.